The molecule has 1 fully saturated rings. The van der Waals surface area contributed by atoms with Crippen molar-refractivity contribution in [2.24, 2.45) is 0 Å². The van der Waals surface area contributed by atoms with Gasteiger partial charge < -0.3 is 4.74 Å². The summed E-state index contributed by atoms with van der Waals surface area (Å²) in [7, 11) is 0. The number of hydrogen-bond acceptors (Lipinski definition) is 4. The summed E-state index contributed by atoms with van der Waals surface area (Å²) < 4.78 is 5.12. The Morgan fingerprint density at radius 1 is 1.25 bits per heavy atom. The Bertz CT molecular complexity index is 352. The summed E-state index contributed by atoms with van der Waals surface area (Å²) in [5.41, 5.74) is 1.13. The highest BCUT2D eigenvalue weighted by molar-refractivity contribution is 6.30. The number of rotatable bonds is 4. The van der Waals surface area contributed by atoms with Crippen LogP contribution in [0.25, 0.3) is 0 Å². The molecule has 1 aliphatic rings. The van der Waals surface area contributed by atoms with Crippen molar-refractivity contribution in [1.29, 1.82) is 0 Å². The van der Waals surface area contributed by atoms with Crippen molar-refractivity contribution >= 4 is 17.9 Å². The maximum absolute atomic E-state index is 10.3. The van der Waals surface area contributed by atoms with E-state index in [1.807, 2.05) is 24.3 Å². The number of halogens is 1. The van der Waals surface area contributed by atoms with Crippen molar-refractivity contribution in [3.8, 4) is 0 Å². The first-order chi connectivity index (χ1) is 7.78. The van der Waals surface area contributed by atoms with Gasteiger partial charge in [0, 0.05) is 11.4 Å². The van der Waals surface area contributed by atoms with Crippen LogP contribution in [-0.2, 0) is 25.7 Å². The van der Waals surface area contributed by atoms with Gasteiger partial charge in [0.2, 0.25) is 6.29 Å². The molecule has 0 amide bonds. The minimum atomic E-state index is -0.893. The van der Waals surface area contributed by atoms with Gasteiger partial charge in [-0.2, -0.15) is 4.89 Å². The molecular weight excluding hydrogens is 232 g/mol. The Balaban J connectivity index is 1.79. The third-order valence-corrected chi connectivity index (χ3v) is 2.49. The molecule has 2 atom stereocenters. The Labute approximate surface area is 98.0 Å². The smallest absolute Gasteiger partial charge is 0.250 e. The molecule has 86 valence electrons. The average Bonchev–Trinajstić information content (AvgIpc) is 2.76. The second-order valence-corrected chi connectivity index (χ2v) is 3.86. The lowest BCUT2D eigenvalue weighted by molar-refractivity contribution is -0.289. The maximum atomic E-state index is 10.3. The first-order valence-corrected chi connectivity index (χ1v) is 5.33. The summed E-state index contributed by atoms with van der Waals surface area (Å²) >= 11 is 5.77. The van der Waals surface area contributed by atoms with Gasteiger partial charge in [-0.05, 0) is 24.1 Å². The Morgan fingerprint density at radius 2 is 2.00 bits per heavy atom. The summed E-state index contributed by atoms with van der Waals surface area (Å²) in [6, 6.07) is 7.54. The molecule has 0 bridgehead atoms. The van der Waals surface area contributed by atoms with Gasteiger partial charge >= 0.3 is 0 Å². The van der Waals surface area contributed by atoms with E-state index in [2.05, 4.69) is 4.89 Å². The van der Waals surface area contributed by atoms with Crippen LogP contribution in [0.15, 0.2) is 24.3 Å². The molecule has 0 saturated carbocycles. The molecule has 1 heterocycles. The lowest BCUT2D eigenvalue weighted by atomic mass is 10.1. The zero-order valence-corrected chi connectivity index (χ0v) is 9.22. The molecule has 1 saturated heterocycles. The minimum Gasteiger partial charge on any atom is -0.311 e. The topological polar surface area (TPSA) is 44.8 Å². The number of aryl methyl sites for hydroxylation is 1. The SMILES string of the molecule is O=CC1OOC(CCc2ccc(Cl)cc2)O1. The molecule has 4 nitrogen and oxygen atoms in total. The van der Waals surface area contributed by atoms with Crippen molar-refractivity contribution < 1.29 is 19.3 Å². The molecule has 0 radical (unpaired) electrons. The number of benzene rings is 1. The third kappa shape index (κ3) is 3.02. The summed E-state index contributed by atoms with van der Waals surface area (Å²) in [6.45, 7) is 0. The van der Waals surface area contributed by atoms with Gasteiger partial charge in [-0.25, -0.2) is 4.89 Å². The molecule has 16 heavy (non-hydrogen) atoms. The quantitative estimate of drug-likeness (QED) is 0.599. The van der Waals surface area contributed by atoms with E-state index in [9.17, 15) is 4.79 Å². The van der Waals surface area contributed by atoms with E-state index in [4.69, 9.17) is 21.2 Å². The summed E-state index contributed by atoms with van der Waals surface area (Å²) in [5, 5.41) is 0.710. The second-order valence-electron chi connectivity index (χ2n) is 3.43. The van der Waals surface area contributed by atoms with Gasteiger partial charge in [0.05, 0.1) is 0 Å². The lowest BCUT2D eigenvalue weighted by Crippen LogP contribution is -2.13. The van der Waals surface area contributed by atoms with Gasteiger partial charge in [-0.3, -0.25) is 4.79 Å². The number of hydrogen-bond donors (Lipinski definition) is 0. The van der Waals surface area contributed by atoms with Crippen LogP contribution in [0.4, 0.5) is 0 Å². The lowest BCUT2D eigenvalue weighted by Gasteiger charge is -2.06. The Hall–Kier alpha value is -0.940. The first kappa shape index (κ1) is 11.5. The van der Waals surface area contributed by atoms with E-state index in [0.29, 0.717) is 17.7 Å². The van der Waals surface area contributed by atoms with E-state index in [1.54, 1.807) is 0 Å². The zero-order chi connectivity index (χ0) is 11.4. The normalized spacial score (nSPS) is 24.6. The third-order valence-electron chi connectivity index (χ3n) is 2.24. The molecule has 0 spiro atoms. The highest BCUT2D eigenvalue weighted by Gasteiger charge is 2.26. The monoisotopic (exact) mass is 242 g/mol. The van der Waals surface area contributed by atoms with Gasteiger partial charge in [0.15, 0.2) is 12.6 Å². The van der Waals surface area contributed by atoms with E-state index in [0.717, 1.165) is 12.0 Å². The summed E-state index contributed by atoms with van der Waals surface area (Å²) in [5.74, 6) is 0. The van der Waals surface area contributed by atoms with E-state index in [1.165, 1.54) is 0 Å². The zero-order valence-electron chi connectivity index (χ0n) is 8.47. The second kappa shape index (κ2) is 5.41. The van der Waals surface area contributed by atoms with E-state index >= 15 is 0 Å². The van der Waals surface area contributed by atoms with Gasteiger partial charge in [-0.15, -0.1) is 0 Å². The molecule has 0 N–H and O–H groups in total. The maximum Gasteiger partial charge on any atom is 0.250 e. The molecule has 2 unspecified atom stereocenters. The van der Waals surface area contributed by atoms with Crippen LogP contribution in [0.1, 0.15) is 12.0 Å². The van der Waals surface area contributed by atoms with E-state index in [-0.39, 0.29) is 0 Å². The predicted octanol–water partition coefficient (Wildman–Crippen LogP) is 2.10. The van der Waals surface area contributed by atoms with Gasteiger partial charge in [-0.1, -0.05) is 23.7 Å². The number of aldehydes is 1. The van der Waals surface area contributed by atoms with Crippen LogP contribution in [0.2, 0.25) is 5.02 Å². The van der Waals surface area contributed by atoms with Crippen LogP contribution in [0.3, 0.4) is 0 Å². The molecular formula is C11H11ClO4. The minimum absolute atomic E-state index is 0.481. The van der Waals surface area contributed by atoms with Crippen molar-refractivity contribution in [1.82, 2.24) is 0 Å². The molecule has 0 aromatic heterocycles. The number of ether oxygens (including phenoxy) is 1. The molecule has 2 rings (SSSR count). The van der Waals surface area contributed by atoms with Crippen molar-refractivity contribution in [3.05, 3.63) is 34.9 Å². The number of carbonyl (C=O) groups excluding carboxylic acids is 1. The van der Waals surface area contributed by atoms with Crippen LogP contribution in [0.5, 0.6) is 0 Å². The highest BCUT2D eigenvalue weighted by atomic mass is 35.5. The molecule has 1 aromatic rings. The standard InChI is InChI=1S/C11H11ClO4/c12-9-4-1-8(2-5-9)3-6-10-14-11(7-13)16-15-10/h1-2,4-5,7,10-11H,3,6H2. The van der Waals surface area contributed by atoms with Crippen molar-refractivity contribution in [3.63, 3.8) is 0 Å². The average molecular weight is 243 g/mol. The Morgan fingerprint density at radius 3 is 2.62 bits per heavy atom. The van der Waals surface area contributed by atoms with E-state index < -0.39 is 12.6 Å². The molecule has 1 aromatic carbocycles. The molecule has 5 heteroatoms. The highest BCUT2D eigenvalue weighted by Crippen LogP contribution is 2.18. The number of carbonyl (C=O) groups is 1. The Kier molecular flexibility index (Phi) is 3.90. The largest absolute Gasteiger partial charge is 0.311 e. The predicted molar refractivity (Wildman–Crippen MR) is 56.7 cm³/mol. The first-order valence-electron chi connectivity index (χ1n) is 4.95. The fraction of sp³-hybridized carbons (Fsp3) is 0.364. The van der Waals surface area contributed by atoms with Gasteiger partial charge in [0.25, 0.3) is 0 Å². The van der Waals surface area contributed by atoms with Crippen LogP contribution < -0.4 is 0 Å². The van der Waals surface area contributed by atoms with Crippen LogP contribution in [-0.4, -0.2) is 18.9 Å². The van der Waals surface area contributed by atoms with Crippen molar-refractivity contribution in [2.45, 2.75) is 25.4 Å². The van der Waals surface area contributed by atoms with Gasteiger partial charge in [0.1, 0.15) is 0 Å². The molecule has 0 aliphatic carbocycles. The van der Waals surface area contributed by atoms with Crippen LogP contribution >= 0.6 is 11.6 Å². The van der Waals surface area contributed by atoms with Crippen molar-refractivity contribution in [2.75, 3.05) is 0 Å². The summed E-state index contributed by atoms with van der Waals surface area (Å²) in [6.07, 6.45) is 0.589. The summed E-state index contributed by atoms with van der Waals surface area (Å²) in [4.78, 5) is 19.8. The fourth-order valence-electron chi connectivity index (χ4n) is 1.42. The van der Waals surface area contributed by atoms with Crippen LogP contribution in [0, 0.1) is 0 Å². The fourth-order valence-corrected chi connectivity index (χ4v) is 1.54. The molecule has 1 aliphatic heterocycles.